The maximum atomic E-state index is 12.3. The van der Waals surface area contributed by atoms with Gasteiger partial charge in [-0.25, -0.2) is 4.79 Å². The van der Waals surface area contributed by atoms with Crippen LogP contribution in [0.4, 0.5) is 10.7 Å². The van der Waals surface area contributed by atoms with Gasteiger partial charge in [-0.05, 0) is 25.1 Å². The Morgan fingerprint density at radius 1 is 1.10 bits per heavy atom. The van der Waals surface area contributed by atoms with Crippen molar-refractivity contribution in [3.63, 3.8) is 0 Å². The SMILES string of the molecule is CCOC(=O)c1c(Nc2ccccc2)sc2ccccc12. The predicted octanol–water partition coefficient (Wildman–Crippen LogP) is 4.82. The van der Waals surface area contributed by atoms with Gasteiger partial charge < -0.3 is 10.1 Å². The third kappa shape index (κ3) is 2.76. The van der Waals surface area contributed by atoms with Crippen molar-refractivity contribution in [1.29, 1.82) is 0 Å². The van der Waals surface area contributed by atoms with E-state index in [4.69, 9.17) is 4.74 Å². The highest BCUT2D eigenvalue weighted by molar-refractivity contribution is 7.23. The molecule has 4 heteroatoms. The average Bonchev–Trinajstić information content (AvgIpc) is 2.86. The number of para-hydroxylation sites is 1. The summed E-state index contributed by atoms with van der Waals surface area (Å²) in [7, 11) is 0. The summed E-state index contributed by atoms with van der Waals surface area (Å²) in [6, 6.07) is 17.7. The first-order valence-corrected chi connectivity index (χ1v) is 7.62. The topological polar surface area (TPSA) is 38.3 Å². The first kappa shape index (κ1) is 13.6. The van der Waals surface area contributed by atoms with Crippen LogP contribution in [0.5, 0.6) is 0 Å². The van der Waals surface area contributed by atoms with Crippen molar-refractivity contribution in [3.8, 4) is 0 Å². The number of benzene rings is 2. The number of nitrogens with one attached hydrogen (secondary N) is 1. The van der Waals surface area contributed by atoms with Gasteiger partial charge in [0.2, 0.25) is 0 Å². The molecule has 3 aromatic rings. The Bertz CT molecular complexity index is 765. The van der Waals surface area contributed by atoms with Crippen LogP contribution in [-0.2, 0) is 4.74 Å². The Balaban J connectivity index is 2.08. The van der Waals surface area contributed by atoms with Crippen LogP contribution < -0.4 is 5.32 Å². The zero-order valence-electron chi connectivity index (χ0n) is 11.6. The number of rotatable bonds is 4. The van der Waals surface area contributed by atoms with E-state index in [0.717, 1.165) is 20.8 Å². The molecule has 21 heavy (non-hydrogen) atoms. The number of hydrogen-bond acceptors (Lipinski definition) is 4. The molecule has 0 radical (unpaired) electrons. The maximum Gasteiger partial charge on any atom is 0.341 e. The van der Waals surface area contributed by atoms with Crippen LogP contribution in [0, 0.1) is 0 Å². The highest BCUT2D eigenvalue weighted by atomic mass is 32.1. The molecular formula is C17H15NO2S. The van der Waals surface area contributed by atoms with E-state index in [2.05, 4.69) is 5.32 Å². The fraction of sp³-hybridized carbons (Fsp3) is 0.118. The third-order valence-electron chi connectivity index (χ3n) is 3.11. The van der Waals surface area contributed by atoms with Gasteiger partial charge in [-0.2, -0.15) is 0 Å². The van der Waals surface area contributed by atoms with Crippen LogP contribution in [0.15, 0.2) is 54.6 Å². The van der Waals surface area contributed by atoms with Crippen molar-refractivity contribution >= 4 is 38.1 Å². The number of hydrogen-bond donors (Lipinski definition) is 1. The molecule has 0 bridgehead atoms. The number of fused-ring (bicyclic) bond motifs is 1. The Hall–Kier alpha value is -2.33. The number of thiophene rings is 1. The van der Waals surface area contributed by atoms with Gasteiger partial charge in [0.15, 0.2) is 0 Å². The number of anilines is 2. The van der Waals surface area contributed by atoms with Crippen molar-refractivity contribution in [2.45, 2.75) is 6.92 Å². The minimum atomic E-state index is -0.284. The first-order valence-electron chi connectivity index (χ1n) is 6.80. The molecule has 0 aliphatic rings. The van der Waals surface area contributed by atoms with Gasteiger partial charge in [0.25, 0.3) is 0 Å². The Morgan fingerprint density at radius 3 is 2.57 bits per heavy atom. The fourth-order valence-electron chi connectivity index (χ4n) is 2.19. The van der Waals surface area contributed by atoms with Crippen LogP contribution in [0.1, 0.15) is 17.3 Å². The number of ether oxygens (including phenoxy) is 1. The number of carbonyl (C=O) groups excluding carboxylic acids is 1. The molecule has 0 unspecified atom stereocenters. The minimum Gasteiger partial charge on any atom is -0.462 e. The molecule has 3 nitrogen and oxygen atoms in total. The number of esters is 1. The summed E-state index contributed by atoms with van der Waals surface area (Å²) in [4.78, 5) is 12.3. The van der Waals surface area contributed by atoms with Crippen molar-refractivity contribution < 1.29 is 9.53 Å². The molecule has 1 N–H and O–H groups in total. The van der Waals surface area contributed by atoms with Crippen molar-refractivity contribution in [2.24, 2.45) is 0 Å². The Kier molecular flexibility index (Phi) is 3.88. The van der Waals surface area contributed by atoms with Crippen molar-refractivity contribution in [3.05, 3.63) is 60.2 Å². The highest BCUT2D eigenvalue weighted by Gasteiger charge is 2.19. The molecule has 106 valence electrons. The smallest absolute Gasteiger partial charge is 0.341 e. The van der Waals surface area contributed by atoms with Gasteiger partial charge in [-0.15, -0.1) is 11.3 Å². The molecule has 0 spiro atoms. The fourth-order valence-corrected chi connectivity index (χ4v) is 3.30. The van der Waals surface area contributed by atoms with Gasteiger partial charge in [-0.3, -0.25) is 0 Å². The van der Waals surface area contributed by atoms with E-state index in [1.54, 1.807) is 11.3 Å². The summed E-state index contributed by atoms with van der Waals surface area (Å²) in [6.45, 7) is 2.19. The molecule has 2 aromatic carbocycles. The van der Waals surface area contributed by atoms with E-state index in [0.29, 0.717) is 12.2 Å². The second-order valence-electron chi connectivity index (χ2n) is 4.51. The third-order valence-corrected chi connectivity index (χ3v) is 4.19. The maximum absolute atomic E-state index is 12.3. The van der Waals surface area contributed by atoms with E-state index in [-0.39, 0.29) is 5.97 Å². The molecule has 1 heterocycles. The summed E-state index contributed by atoms with van der Waals surface area (Å²) >= 11 is 1.56. The quantitative estimate of drug-likeness (QED) is 0.701. The van der Waals surface area contributed by atoms with Gasteiger partial charge >= 0.3 is 5.97 Å². The highest BCUT2D eigenvalue weighted by Crippen LogP contribution is 2.37. The van der Waals surface area contributed by atoms with E-state index < -0.39 is 0 Å². The largest absolute Gasteiger partial charge is 0.462 e. The lowest BCUT2D eigenvalue weighted by Crippen LogP contribution is -2.06. The van der Waals surface area contributed by atoms with Crippen molar-refractivity contribution in [1.82, 2.24) is 0 Å². The van der Waals surface area contributed by atoms with Gasteiger partial charge in [0.05, 0.1) is 6.61 Å². The Labute approximate surface area is 127 Å². The monoisotopic (exact) mass is 297 g/mol. The molecule has 3 rings (SSSR count). The first-order chi connectivity index (χ1) is 10.3. The molecule has 0 amide bonds. The summed E-state index contributed by atoms with van der Waals surface area (Å²) in [6.07, 6.45) is 0. The van der Waals surface area contributed by atoms with E-state index >= 15 is 0 Å². The normalized spacial score (nSPS) is 10.5. The van der Waals surface area contributed by atoms with Crippen molar-refractivity contribution in [2.75, 3.05) is 11.9 Å². The second kappa shape index (κ2) is 5.97. The summed E-state index contributed by atoms with van der Waals surface area (Å²) < 4.78 is 6.27. The van der Waals surface area contributed by atoms with Crippen LogP contribution in [-0.4, -0.2) is 12.6 Å². The zero-order chi connectivity index (χ0) is 14.7. The van der Waals surface area contributed by atoms with Gasteiger partial charge in [0.1, 0.15) is 10.6 Å². The second-order valence-corrected chi connectivity index (χ2v) is 5.57. The zero-order valence-corrected chi connectivity index (χ0v) is 12.4. The molecule has 0 saturated heterocycles. The molecular weight excluding hydrogens is 282 g/mol. The molecule has 0 saturated carbocycles. The van der Waals surface area contributed by atoms with Crippen LogP contribution >= 0.6 is 11.3 Å². The minimum absolute atomic E-state index is 0.284. The van der Waals surface area contributed by atoms with E-state index in [9.17, 15) is 4.79 Å². The van der Waals surface area contributed by atoms with E-state index in [1.807, 2.05) is 61.5 Å². The standard InChI is InChI=1S/C17H15NO2S/c1-2-20-17(19)15-13-10-6-7-11-14(13)21-16(15)18-12-8-4-3-5-9-12/h3-11,18H,2H2,1H3. The average molecular weight is 297 g/mol. The molecule has 0 aliphatic heterocycles. The predicted molar refractivity (Wildman–Crippen MR) is 87.5 cm³/mol. The van der Waals surface area contributed by atoms with Crippen LogP contribution in [0.25, 0.3) is 10.1 Å². The number of carbonyl (C=O) groups is 1. The van der Waals surface area contributed by atoms with Gasteiger partial charge in [0, 0.05) is 15.8 Å². The van der Waals surface area contributed by atoms with E-state index in [1.165, 1.54) is 0 Å². The summed E-state index contributed by atoms with van der Waals surface area (Å²) in [5, 5.41) is 5.07. The molecule has 0 fully saturated rings. The summed E-state index contributed by atoms with van der Waals surface area (Å²) in [5.74, 6) is -0.284. The lowest BCUT2D eigenvalue weighted by molar-refractivity contribution is 0.0530. The van der Waals surface area contributed by atoms with Gasteiger partial charge in [-0.1, -0.05) is 36.4 Å². The molecule has 1 aromatic heterocycles. The Morgan fingerprint density at radius 2 is 1.81 bits per heavy atom. The molecule has 0 aliphatic carbocycles. The van der Waals surface area contributed by atoms with Crippen LogP contribution in [0.2, 0.25) is 0 Å². The summed E-state index contributed by atoms with van der Waals surface area (Å²) in [5.41, 5.74) is 1.57. The lowest BCUT2D eigenvalue weighted by atomic mass is 10.1. The molecule has 0 atom stereocenters. The lowest BCUT2D eigenvalue weighted by Gasteiger charge is -2.07. The van der Waals surface area contributed by atoms with Crippen LogP contribution in [0.3, 0.4) is 0 Å².